The Morgan fingerprint density at radius 1 is 1.21 bits per heavy atom. The van der Waals surface area contributed by atoms with Crippen LogP contribution < -0.4 is 5.32 Å². The minimum absolute atomic E-state index is 0.00775. The summed E-state index contributed by atoms with van der Waals surface area (Å²) in [5, 5.41) is 2.78. The molecule has 1 aromatic rings. The third-order valence-corrected chi connectivity index (χ3v) is 5.58. The molecule has 1 aliphatic carbocycles. The Kier molecular flexibility index (Phi) is 3.37. The van der Waals surface area contributed by atoms with E-state index in [2.05, 4.69) is 5.32 Å². The number of fused-ring (bicyclic) bond motifs is 1. The van der Waals surface area contributed by atoms with Crippen LogP contribution >= 0.6 is 0 Å². The highest BCUT2D eigenvalue weighted by molar-refractivity contribution is 6.01. The lowest BCUT2D eigenvalue weighted by atomic mass is 9.73. The van der Waals surface area contributed by atoms with Gasteiger partial charge in [0, 0.05) is 37.8 Å². The molecule has 0 aromatic heterocycles. The van der Waals surface area contributed by atoms with E-state index in [-0.39, 0.29) is 23.3 Å². The van der Waals surface area contributed by atoms with Crippen molar-refractivity contribution in [1.29, 1.82) is 0 Å². The molecular weight excluding hydrogens is 306 g/mol. The van der Waals surface area contributed by atoms with Gasteiger partial charge in [-0.05, 0) is 43.0 Å². The van der Waals surface area contributed by atoms with Crippen LogP contribution in [0.2, 0.25) is 0 Å². The first-order valence-corrected chi connectivity index (χ1v) is 8.49. The van der Waals surface area contributed by atoms with Crippen molar-refractivity contribution in [3.63, 3.8) is 0 Å². The molecule has 2 fully saturated rings. The van der Waals surface area contributed by atoms with E-state index >= 15 is 0 Å². The molecule has 6 heteroatoms. The van der Waals surface area contributed by atoms with E-state index in [1.165, 1.54) is 0 Å². The molecule has 0 bridgehead atoms. The van der Waals surface area contributed by atoms with E-state index < -0.39 is 0 Å². The minimum atomic E-state index is -0.159. The molecule has 3 aliphatic rings. The number of amides is 3. The number of anilines is 1. The molecule has 4 rings (SSSR count). The zero-order valence-electron chi connectivity index (χ0n) is 13.8. The molecule has 1 saturated carbocycles. The van der Waals surface area contributed by atoms with Crippen LogP contribution in [0.25, 0.3) is 0 Å². The van der Waals surface area contributed by atoms with Crippen molar-refractivity contribution in [1.82, 2.24) is 9.80 Å². The smallest absolute Gasteiger partial charge is 0.254 e. The van der Waals surface area contributed by atoms with Gasteiger partial charge in [-0.2, -0.15) is 0 Å². The fourth-order valence-corrected chi connectivity index (χ4v) is 4.20. The van der Waals surface area contributed by atoms with Gasteiger partial charge in [0.2, 0.25) is 11.8 Å². The predicted molar refractivity (Wildman–Crippen MR) is 88.6 cm³/mol. The highest BCUT2D eigenvalue weighted by Gasteiger charge is 2.48. The molecule has 2 aliphatic heterocycles. The predicted octanol–water partition coefficient (Wildman–Crippen LogP) is 1.41. The van der Waals surface area contributed by atoms with E-state index in [0.717, 1.165) is 30.5 Å². The molecule has 126 valence electrons. The van der Waals surface area contributed by atoms with Crippen molar-refractivity contribution in [2.24, 2.45) is 0 Å². The zero-order valence-corrected chi connectivity index (χ0v) is 13.8. The van der Waals surface area contributed by atoms with Crippen LogP contribution in [0.1, 0.15) is 42.1 Å². The van der Waals surface area contributed by atoms with E-state index in [1.54, 1.807) is 19.1 Å². The van der Waals surface area contributed by atoms with E-state index in [9.17, 15) is 14.4 Å². The Balaban J connectivity index is 1.55. The van der Waals surface area contributed by atoms with Crippen molar-refractivity contribution in [2.75, 3.05) is 25.0 Å². The standard InChI is InChI=1S/C18H21N3O3/c1-12(22)21-8-7-20(11-18(21)5-2-6-18)17(24)13-3-4-15-14(9-13)10-16(23)19-15/h3-4,9H,2,5-8,10-11H2,1H3,(H,19,23). The summed E-state index contributed by atoms with van der Waals surface area (Å²) < 4.78 is 0. The second-order valence-electron chi connectivity index (χ2n) is 7.07. The summed E-state index contributed by atoms with van der Waals surface area (Å²) in [7, 11) is 0. The number of hydrogen-bond acceptors (Lipinski definition) is 3. The van der Waals surface area contributed by atoms with Gasteiger partial charge in [-0.25, -0.2) is 0 Å². The normalized spacial score (nSPS) is 21.3. The Bertz CT molecular complexity index is 739. The van der Waals surface area contributed by atoms with E-state index in [4.69, 9.17) is 0 Å². The van der Waals surface area contributed by atoms with Crippen LogP contribution in [0.15, 0.2) is 18.2 Å². The van der Waals surface area contributed by atoms with Crippen molar-refractivity contribution < 1.29 is 14.4 Å². The monoisotopic (exact) mass is 327 g/mol. The fourth-order valence-electron chi connectivity index (χ4n) is 4.20. The highest BCUT2D eigenvalue weighted by Crippen LogP contribution is 2.40. The summed E-state index contributed by atoms with van der Waals surface area (Å²) in [6.07, 6.45) is 3.38. The summed E-state index contributed by atoms with van der Waals surface area (Å²) in [6, 6.07) is 5.40. The largest absolute Gasteiger partial charge is 0.335 e. The van der Waals surface area contributed by atoms with Gasteiger partial charge in [0.25, 0.3) is 5.91 Å². The number of hydrogen-bond donors (Lipinski definition) is 1. The molecule has 1 saturated heterocycles. The number of carbonyl (C=O) groups is 3. The van der Waals surface area contributed by atoms with E-state index in [1.807, 2.05) is 15.9 Å². The molecule has 2 heterocycles. The molecular formula is C18H21N3O3. The van der Waals surface area contributed by atoms with Crippen LogP contribution in [0.5, 0.6) is 0 Å². The number of rotatable bonds is 1. The van der Waals surface area contributed by atoms with Crippen molar-refractivity contribution >= 4 is 23.4 Å². The van der Waals surface area contributed by atoms with Gasteiger partial charge >= 0.3 is 0 Å². The average molecular weight is 327 g/mol. The summed E-state index contributed by atoms with van der Waals surface area (Å²) in [6.45, 7) is 3.39. The van der Waals surface area contributed by atoms with Gasteiger partial charge < -0.3 is 15.1 Å². The summed E-state index contributed by atoms with van der Waals surface area (Å²) in [4.78, 5) is 40.1. The van der Waals surface area contributed by atoms with Gasteiger partial charge in [-0.3, -0.25) is 14.4 Å². The third-order valence-electron chi connectivity index (χ3n) is 5.58. The molecule has 0 atom stereocenters. The van der Waals surface area contributed by atoms with Crippen LogP contribution in [-0.4, -0.2) is 52.7 Å². The molecule has 6 nitrogen and oxygen atoms in total. The second kappa shape index (κ2) is 5.33. The highest BCUT2D eigenvalue weighted by atomic mass is 16.2. The lowest BCUT2D eigenvalue weighted by molar-refractivity contribution is -0.144. The van der Waals surface area contributed by atoms with Crippen molar-refractivity contribution in [2.45, 2.75) is 38.1 Å². The number of carbonyl (C=O) groups excluding carboxylic acids is 3. The lowest BCUT2D eigenvalue weighted by Crippen LogP contribution is -2.67. The lowest BCUT2D eigenvalue weighted by Gasteiger charge is -2.55. The average Bonchev–Trinajstić information content (AvgIpc) is 2.90. The molecule has 24 heavy (non-hydrogen) atoms. The Morgan fingerprint density at radius 2 is 2.00 bits per heavy atom. The minimum Gasteiger partial charge on any atom is -0.335 e. The molecule has 3 amide bonds. The van der Waals surface area contributed by atoms with Gasteiger partial charge in [-0.15, -0.1) is 0 Å². The number of nitrogens with zero attached hydrogens (tertiary/aromatic N) is 2. The van der Waals surface area contributed by atoms with Crippen LogP contribution in [0, 0.1) is 0 Å². The summed E-state index contributed by atoms with van der Waals surface area (Å²) in [5.41, 5.74) is 2.14. The maximum atomic E-state index is 12.9. The topological polar surface area (TPSA) is 69.7 Å². The summed E-state index contributed by atoms with van der Waals surface area (Å²) >= 11 is 0. The first-order valence-electron chi connectivity index (χ1n) is 8.49. The maximum absolute atomic E-state index is 12.9. The van der Waals surface area contributed by atoms with Crippen molar-refractivity contribution in [3.05, 3.63) is 29.3 Å². The number of nitrogens with one attached hydrogen (secondary N) is 1. The molecule has 0 radical (unpaired) electrons. The molecule has 1 N–H and O–H groups in total. The second-order valence-corrected chi connectivity index (χ2v) is 7.07. The third kappa shape index (κ3) is 2.28. The maximum Gasteiger partial charge on any atom is 0.254 e. The van der Waals surface area contributed by atoms with Crippen LogP contribution in [-0.2, 0) is 16.0 Å². The van der Waals surface area contributed by atoms with Crippen LogP contribution in [0.3, 0.4) is 0 Å². The number of piperazine rings is 1. The Labute approximate surface area is 140 Å². The Hall–Kier alpha value is -2.37. The summed E-state index contributed by atoms with van der Waals surface area (Å²) in [5.74, 6) is 0.0636. The molecule has 1 spiro atoms. The van der Waals surface area contributed by atoms with Crippen LogP contribution in [0.4, 0.5) is 5.69 Å². The van der Waals surface area contributed by atoms with Gasteiger partial charge in [0.05, 0.1) is 12.0 Å². The van der Waals surface area contributed by atoms with Crippen molar-refractivity contribution in [3.8, 4) is 0 Å². The van der Waals surface area contributed by atoms with Gasteiger partial charge in [0.15, 0.2) is 0 Å². The van der Waals surface area contributed by atoms with Gasteiger partial charge in [-0.1, -0.05) is 0 Å². The number of benzene rings is 1. The first kappa shape index (κ1) is 15.2. The zero-order chi connectivity index (χ0) is 16.9. The first-order chi connectivity index (χ1) is 11.5. The fraction of sp³-hybridized carbons (Fsp3) is 0.500. The quantitative estimate of drug-likeness (QED) is 0.848. The van der Waals surface area contributed by atoms with Gasteiger partial charge in [0.1, 0.15) is 0 Å². The van der Waals surface area contributed by atoms with E-state index in [0.29, 0.717) is 31.6 Å². The molecule has 1 aromatic carbocycles. The SMILES string of the molecule is CC(=O)N1CCN(C(=O)c2ccc3c(c2)CC(=O)N3)CC12CCC2. The Morgan fingerprint density at radius 3 is 2.67 bits per heavy atom. The molecule has 0 unspecified atom stereocenters.